The number of aromatic hydroxyl groups is 1. The van der Waals surface area contributed by atoms with Crippen molar-refractivity contribution < 1.29 is 14.2 Å². The molecular formula is C22H28FNO2. The van der Waals surface area contributed by atoms with Gasteiger partial charge in [0.2, 0.25) is 0 Å². The second-order valence-corrected chi connectivity index (χ2v) is 7.88. The molecule has 4 heteroatoms. The Labute approximate surface area is 155 Å². The van der Waals surface area contributed by atoms with Crippen LogP contribution in [0.25, 0.3) is 0 Å². The summed E-state index contributed by atoms with van der Waals surface area (Å²) < 4.78 is 19.3. The van der Waals surface area contributed by atoms with E-state index in [2.05, 4.69) is 19.2 Å². The lowest BCUT2D eigenvalue weighted by atomic mass is 9.67. The highest BCUT2D eigenvalue weighted by Gasteiger charge is 2.41. The first-order chi connectivity index (χ1) is 12.4. The van der Waals surface area contributed by atoms with Gasteiger partial charge in [0.25, 0.3) is 0 Å². The summed E-state index contributed by atoms with van der Waals surface area (Å²) >= 11 is 0. The first-order valence-electron chi connectivity index (χ1n) is 9.28. The maximum atomic E-state index is 13.4. The Hall–Kier alpha value is -1.91. The molecule has 0 radical (unpaired) electrons. The fourth-order valence-electron chi connectivity index (χ4n) is 4.10. The molecule has 1 unspecified atom stereocenters. The molecule has 0 saturated carbocycles. The van der Waals surface area contributed by atoms with Gasteiger partial charge in [-0.2, -0.15) is 0 Å². The highest BCUT2D eigenvalue weighted by Crippen LogP contribution is 2.43. The van der Waals surface area contributed by atoms with E-state index < -0.39 is 0 Å². The van der Waals surface area contributed by atoms with Crippen LogP contribution in [0.3, 0.4) is 0 Å². The summed E-state index contributed by atoms with van der Waals surface area (Å²) in [5.41, 5.74) is 1.86. The SMILES string of the molecule is CC1(C)CC(CCNCc2ccccc2O)(c2ccc(F)cc2)CCO1. The number of hydrogen-bond donors (Lipinski definition) is 2. The molecule has 140 valence electrons. The van der Waals surface area contributed by atoms with E-state index in [9.17, 15) is 9.50 Å². The van der Waals surface area contributed by atoms with Gasteiger partial charge in [0.1, 0.15) is 11.6 Å². The van der Waals surface area contributed by atoms with Gasteiger partial charge in [0.15, 0.2) is 0 Å². The standard InChI is InChI=1S/C22H28FNO2/c1-21(2)16-22(12-14-26-21,18-7-9-19(23)10-8-18)11-13-24-15-17-5-3-4-6-20(17)25/h3-10,24-25H,11-16H2,1-2H3. The van der Waals surface area contributed by atoms with E-state index in [-0.39, 0.29) is 16.8 Å². The lowest BCUT2D eigenvalue weighted by Gasteiger charge is -2.45. The van der Waals surface area contributed by atoms with Crippen molar-refractivity contribution in [2.24, 2.45) is 0 Å². The van der Waals surface area contributed by atoms with Crippen molar-refractivity contribution >= 4 is 0 Å². The Balaban J connectivity index is 1.70. The van der Waals surface area contributed by atoms with E-state index in [1.807, 2.05) is 30.3 Å². The maximum Gasteiger partial charge on any atom is 0.123 e. The van der Waals surface area contributed by atoms with Crippen molar-refractivity contribution in [1.82, 2.24) is 5.32 Å². The first kappa shape index (κ1) is 18.9. The predicted octanol–water partition coefficient (Wildman–Crippen LogP) is 4.54. The van der Waals surface area contributed by atoms with Crippen molar-refractivity contribution in [1.29, 1.82) is 0 Å². The third kappa shape index (κ3) is 4.43. The fraction of sp³-hybridized carbons (Fsp3) is 0.455. The average molecular weight is 357 g/mol. The number of para-hydroxylation sites is 1. The fourth-order valence-corrected chi connectivity index (χ4v) is 4.10. The van der Waals surface area contributed by atoms with Crippen molar-refractivity contribution in [3.63, 3.8) is 0 Å². The lowest BCUT2D eigenvalue weighted by molar-refractivity contribution is -0.0840. The Morgan fingerprint density at radius 3 is 2.54 bits per heavy atom. The number of phenolic OH excluding ortho intramolecular Hbond substituents is 1. The van der Waals surface area contributed by atoms with Crippen LogP contribution in [0.5, 0.6) is 5.75 Å². The third-order valence-corrected chi connectivity index (χ3v) is 5.38. The number of hydrogen-bond acceptors (Lipinski definition) is 3. The molecule has 1 fully saturated rings. The zero-order valence-electron chi connectivity index (χ0n) is 15.6. The molecular weight excluding hydrogens is 329 g/mol. The topological polar surface area (TPSA) is 41.5 Å². The Bertz CT molecular complexity index is 729. The second kappa shape index (κ2) is 7.77. The Morgan fingerprint density at radius 2 is 1.85 bits per heavy atom. The van der Waals surface area contributed by atoms with Gasteiger partial charge in [-0.25, -0.2) is 4.39 Å². The molecule has 26 heavy (non-hydrogen) atoms. The van der Waals surface area contributed by atoms with Crippen molar-refractivity contribution in [2.45, 2.75) is 50.7 Å². The highest BCUT2D eigenvalue weighted by molar-refractivity contribution is 5.31. The lowest BCUT2D eigenvalue weighted by Crippen LogP contribution is -2.45. The molecule has 2 aromatic carbocycles. The summed E-state index contributed by atoms with van der Waals surface area (Å²) in [7, 11) is 0. The van der Waals surface area contributed by atoms with E-state index in [1.165, 1.54) is 5.56 Å². The summed E-state index contributed by atoms with van der Waals surface area (Å²) in [6.45, 7) is 6.41. The number of ether oxygens (including phenoxy) is 1. The van der Waals surface area contributed by atoms with E-state index in [0.29, 0.717) is 18.9 Å². The summed E-state index contributed by atoms with van der Waals surface area (Å²) in [4.78, 5) is 0. The molecule has 3 rings (SSSR count). The summed E-state index contributed by atoms with van der Waals surface area (Å²) in [6, 6.07) is 14.3. The van der Waals surface area contributed by atoms with E-state index in [4.69, 9.17) is 4.74 Å². The van der Waals surface area contributed by atoms with Gasteiger partial charge in [-0.1, -0.05) is 30.3 Å². The number of halogens is 1. The smallest absolute Gasteiger partial charge is 0.123 e. The van der Waals surface area contributed by atoms with Gasteiger partial charge in [-0.15, -0.1) is 0 Å². The zero-order valence-corrected chi connectivity index (χ0v) is 15.6. The van der Waals surface area contributed by atoms with Gasteiger partial charge < -0.3 is 15.2 Å². The molecule has 1 aliphatic heterocycles. The van der Waals surface area contributed by atoms with Crippen LogP contribution in [0.2, 0.25) is 0 Å². The van der Waals surface area contributed by atoms with Crippen LogP contribution in [0.1, 0.15) is 44.2 Å². The number of phenols is 1. The molecule has 0 aromatic heterocycles. The number of benzene rings is 2. The summed E-state index contributed by atoms with van der Waals surface area (Å²) in [5.74, 6) is 0.119. The average Bonchev–Trinajstić information content (AvgIpc) is 2.60. The van der Waals surface area contributed by atoms with Gasteiger partial charge >= 0.3 is 0 Å². The van der Waals surface area contributed by atoms with Gasteiger partial charge in [-0.3, -0.25) is 0 Å². The van der Waals surface area contributed by atoms with Crippen LogP contribution in [0.4, 0.5) is 4.39 Å². The molecule has 1 heterocycles. The molecule has 1 aliphatic rings. The molecule has 2 N–H and O–H groups in total. The molecule has 3 nitrogen and oxygen atoms in total. The van der Waals surface area contributed by atoms with Gasteiger partial charge in [0, 0.05) is 24.1 Å². The minimum absolute atomic E-state index is 0.0266. The van der Waals surface area contributed by atoms with E-state index in [0.717, 1.165) is 31.4 Å². The Kier molecular flexibility index (Phi) is 5.64. The van der Waals surface area contributed by atoms with Crippen LogP contribution in [0.15, 0.2) is 48.5 Å². The van der Waals surface area contributed by atoms with Gasteiger partial charge in [0.05, 0.1) is 5.60 Å². The summed E-state index contributed by atoms with van der Waals surface area (Å²) in [5, 5.41) is 13.3. The van der Waals surface area contributed by atoms with Crippen molar-refractivity contribution in [3.8, 4) is 5.75 Å². The van der Waals surface area contributed by atoms with Gasteiger partial charge in [-0.05, 0) is 63.4 Å². The Morgan fingerprint density at radius 1 is 1.12 bits per heavy atom. The minimum Gasteiger partial charge on any atom is -0.508 e. The molecule has 0 amide bonds. The first-order valence-corrected chi connectivity index (χ1v) is 9.28. The van der Waals surface area contributed by atoms with E-state index >= 15 is 0 Å². The highest BCUT2D eigenvalue weighted by atomic mass is 19.1. The monoisotopic (exact) mass is 357 g/mol. The molecule has 0 aliphatic carbocycles. The van der Waals surface area contributed by atoms with Crippen LogP contribution in [-0.4, -0.2) is 23.9 Å². The zero-order chi connectivity index (χ0) is 18.6. The molecule has 0 spiro atoms. The minimum atomic E-state index is -0.201. The van der Waals surface area contributed by atoms with E-state index in [1.54, 1.807) is 18.2 Å². The molecule has 0 bridgehead atoms. The quantitative estimate of drug-likeness (QED) is 0.746. The van der Waals surface area contributed by atoms with Crippen molar-refractivity contribution in [2.75, 3.05) is 13.2 Å². The predicted molar refractivity (Wildman–Crippen MR) is 102 cm³/mol. The van der Waals surface area contributed by atoms with Crippen LogP contribution in [0, 0.1) is 5.82 Å². The normalized spacial score (nSPS) is 22.3. The molecule has 1 saturated heterocycles. The second-order valence-electron chi connectivity index (χ2n) is 7.88. The summed E-state index contributed by atoms with van der Waals surface area (Å²) in [6.07, 6.45) is 2.78. The van der Waals surface area contributed by atoms with Crippen molar-refractivity contribution in [3.05, 3.63) is 65.5 Å². The molecule has 2 aromatic rings. The maximum absolute atomic E-state index is 13.4. The van der Waals surface area contributed by atoms with Crippen LogP contribution >= 0.6 is 0 Å². The van der Waals surface area contributed by atoms with Crippen LogP contribution < -0.4 is 5.32 Å². The largest absolute Gasteiger partial charge is 0.508 e. The number of rotatable bonds is 6. The molecule has 1 atom stereocenters. The number of nitrogens with one attached hydrogen (secondary N) is 1. The third-order valence-electron chi connectivity index (χ3n) is 5.38. The van der Waals surface area contributed by atoms with Crippen LogP contribution in [-0.2, 0) is 16.7 Å².